The van der Waals surface area contributed by atoms with Crippen molar-refractivity contribution < 1.29 is 32.5 Å². The minimum atomic E-state index is -3.10. The molecule has 1 N–H and O–H groups in total. The lowest BCUT2D eigenvalue weighted by molar-refractivity contribution is -0.139. The molecule has 1 amide bonds. The third kappa shape index (κ3) is 6.19. The summed E-state index contributed by atoms with van der Waals surface area (Å²) in [6.45, 7) is 5.26. The van der Waals surface area contributed by atoms with Crippen LogP contribution in [-0.2, 0) is 9.47 Å². The maximum Gasteiger partial charge on any atom is 0.387 e. The summed E-state index contributed by atoms with van der Waals surface area (Å²) in [6, 6.07) is 3.24. The minimum absolute atomic E-state index is 0.0329. The van der Waals surface area contributed by atoms with Crippen molar-refractivity contribution in [2.24, 2.45) is 0 Å². The molecule has 0 atom stereocenters. The van der Waals surface area contributed by atoms with Crippen molar-refractivity contribution in [2.45, 2.75) is 57.7 Å². The monoisotopic (exact) mass is 571 g/mol. The number of hydrogen-bond donors (Lipinski definition) is 1. The predicted octanol–water partition coefficient (Wildman–Crippen LogP) is 5.09. The number of hydrogen-bond acceptors (Lipinski definition) is 7. The predicted molar refractivity (Wildman–Crippen MR) is 152 cm³/mol. The van der Waals surface area contributed by atoms with Gasteiger partial charge in [0.2, 0.25) is 0 Å². The summed E-state index contributed by atoms with van der Waals surface area (Å²) in [5.41, 5.74) is 3.24. The summed E-state index contributed by atoms with van der Waals surface area (Å²) in [7, 11) is 1.42. The molecule has 8 nitrogen and oxygen atoms in total. The molecule has 2 saturated heterocycles. The van der Waals surface area contributed by atoms with Crippen molar-refractivity contribution >= 4 is 11.6 Å². The van der Waals surface area contributed by atoms with E-state index in [2.05, 4.69) is 35.4 Å². The van der Waals surface area contributed by atoms with Gasteiger partial charge in [0.25, 0.3) is 5.91 Å². The molecule has 5 rings (SSSR count). The SMILES string of the molecule is C/C=C(/c1cc(OC)c(C(=O)NC2CC2)c(OC(F)F)c1)N1C=CC(C2(N3CCOCC3)COC2)=C/C1=C\CCC. The third-order valence-corrected chi connectivity index (χ3v) is 7.93. The number of rotatable bonds is 11. The quantitative estimate of drug-likeness (QED) is 0.397. The highest BCUT2D eigenvalue weighted by Crippen LogP contribution is 2.41. The van der Waals surface area contributed by atoms with Gasteiger partial charge in [-0.05, 0) is 56.0 Å². The molecule has 41 heavy (non-hydrogen) atoms. The summed E-state index contributed by atoms with van der Waals surface area (Å²) >= 11 is 0. The van der Waals surface area contributed by atoms with Gasteiger partial charge < -0.3 is 29.2 Å². The number of carbonyl (C=O) groups is 1. The van der Waals surface area contributed by atoms with Gasteiger partial charge in [-0.2, -0.15) is 8.78 Å². The molecule has 1 aromatic rings. The summed E-state index contributed by atoms with van der Waals surface area (Å²) in [5.74, 6) is -0.537. The number of benzene rings is 1. The molecule has 0 aromatic heterocycles. The molecule has 0 bridgehead atoms. The number of methoxy groups -OCH3 is 1. The van der Waals surface area contributed by atoms with Crippen LogP contribution in [-0.4, -0.2) is 80.5 Å². The number of allylic oxidation sites excluding steroid dienone is 3. The highest BCUT2D eigenvalue weighted by atomic mass is 19.3. The van der Waals surface area contributed by atoms with Gasteiger partial charge in [-0.3, -0.25) is 9.69 Å². The Balaban J connectivity index is 1.51. The van der Waals surface area contributed by atoms with Gasteiger partial charge in [-0.1, -0.05) is 25.5 Å². The first kappa shape index (κ1) is 29.3. The molecule has 0 radical (unpaired) electrons. The van der Waals surface area contributed by atoms with E-state index in [1.54, 1.807) is 6.07 Å². The average Bonchev–Trinajstić information content (AvgIpc) is 3.76. The molecule has 1 aromatic carbocycles. The zero-order valence-corrected chi connectivity index (χ0v) is 24.0. The van der Waals surface area contributed by atoms with Crippen LogP contribution in [0.4, 0.5) is 8.78 Å². The van der Waals surface area contributed by atoms with Crippen molar-refractivity contribution in [2.75, 3.05) is 46.6 Å². The fourth-order valence-corrected chi connectivity index (χ4v) is 5.54. The van der Waals surface area contributed by atoms with Crippen LogP contribution in [0.2, 0.25) is 0 Å². The molecule has 3 heterocycles. The topological polar surface area (TPSA) is 72.5 Å². The van der Waals surface area contributed by atoms with Gasteiger partial charge in [0.05, 0.1) is 39.1 Å². The third-order valence-electron chi connectivity index (χ3n) is 7.93. The Morgan fingerprint density at radius 2 is 1.93 bits per heavy atom. The van der Waals surface area contributed by atoms with E-state index in [4.69, 9.17) is 18.9 Å². The molecule has 0 spiro atoms. The van der Waals surface area contributed by atoms with Crippen LogP contribution < -0.4 is 14.8 Å². The molecule has 0 unspecified atom stereocenters. The number of carbonyl (C=O) groups excluding carboxylic acids is 1. The number of halogens is 2. The zero-order valence-electron chi connectivity index (χ0n) is 24.0. The van der Waals surface area contributed by atoms with Crippen molar-refractivity contribution in [3.63, 3.8) is 0 Å². The second-order valence-corrected chi connectivity index (χ2v) is 10.7. The maximum absolute atomic E-state index is 13.5. The number of unbranched alkanes of at least 4 members (excludes halogenated alkanes) is 1. The molecule has 4 aliphatic rings. The number of amides is 1. The normalized spacial score (nSPS) is 22.0. The first-order valence-corrected chi connectivity index (χ1v) is 14.3. The van der Waals surface area contributed by atoms with Gasteiger partial charge in [0, 0.05) is 42.3 Å². The lowest BCUT2D eigenvalue weighted by Gasteiger charge is -2.52. The van der Waals surface area contributed by atoms with E-state index in [1.807, 2.05) is 24.1 Å². The fraction of sp³-hybridized carbons (Fsp3) is 0.516. The van der Waals surface area contributed by atoms with Crippen LogP contribution in [0.1, 0.15) is 55.5 Å². The number of morpholine rings is 1. The van der Waals surface area contributed by atoms with Gasteiger partial charge in [-0.25, -0.2) is 0 Å². The van der Waals surface area contributed by atoms with Gasteiger partial charge >= 0.3 is 6.61 Å². The van der Waals surface area contributed by atoms with Crippen molar-refractivity contribution in [1.82, 2.24) is 15.1 Å². The van der Waals surface area contributed by atoms with Crippen LogP contribution >= 0.6 is 0 Å². The summed E-state index contributed by atoms with van der Waals surface area (Å²) < 4.78 is 48.8. The molecular weight excluding hydrogens is 532 g/mol. The number of alkyl halides is 2. The smallest absolute Gasteiger partial charge is 0.387 e. The largest absolute Gasteiger partial charge is 0.496 e. The fourth-order valence-electron chi connectivity index (χ4n) is 5.54. The van der Waals surface area contributed by atoms with Gasteiger partial charge in [0.1, 0.15) is 17.1 Å². The Bertz CT molecular complexity index is 1240. The molecule has 3 aliphatic heterocycles. The summed E-state index contributed by atoms with van der Waals surface area (Å²) in [5, 5.41) is 2.85. The molecule has 10 heteroatoms. The lowest BCUT2D eigenvalue weighted by Crippen LogP contribution is -2.65. The first-order valence-electron chi connectivity index (χ1n) is 14.3. The molecule has 222 valence electrons. The van der Waals surface area contributed by atoms with Gasteiger partial charge in [-0.15, -0.1) is 0 Å². The van der Waals surface area contributed by atoms with E-state index >= 15 is 0 Å². The summed E-state index contributed by atoms with van der Waals surface area (Å²) in [6.07, 6.45) is 14.0. The number of nitrogens with one attached hydrogen (secondary N) is 1. The van der Waals surface area contributed by atoms with Crippen molar-refractivity contribution in [3.05, 3.63) is 65.0 Å². The minimum Gasteiger partial charge on any atom is -0.496 e. The molecular formula is C31H39F2N3O5. The highest BCUT2D eigenvalue weighted by Gasteiger charge is 2.47. The second-order valence-electron chi connectivity index (χ2n) is 10.7. The van der Waals surface area contributed by atoms with E-state index < -0.39 is 12.5 Å². The Hall–Kier alpha value is -3.21. The molecule has 3 fully saturated rings. The zero-order chi connectivity index (χ0) is 29.0. The molecule has 1 aliphatic carbocycles. The first-order chi connectivity index (χ1) is 19.9. The number of nitrogens with zero attached hydrogens (tertiary/aromatic N) is 2. The maximum atomic E-state index is 13.5. The Labute approximate surface area is 240 Å². The summed E-state index contributed by atoms with van der Waals surface area (Å²) in [4.78, 5) is 17.5. The second kappa shape index (κ2) is 12.8. The van der Waals surface area contributed by atoms with Crippen LogP contribution in [0, 0.1) is 0 Å². The molecule has 1 saturated carbocycles. The van der Waals surface area contributed by atoms with Gasteiger partial charge in [0.15, 0.2) is 0 Å². The van der Waals surface area contributed by atoms with E-state index in [0.29, 0.717) is 32.0 Å². The van der Waals surface area contributed by atoms with Crippen molar-refractivity contribution in [1.29, 1.82) is 0 Å². The van der Waals surface area contributed by atoms with Crippen LogP contribution in [0.3, 0.4) is 0 Å². The Morgan fingerprint density at radius 3 is 2.51 bits per heavy atom. The number of ether oxygens (including phenoxy) is 4. The van der Waals surface area contributed by atoms with Crippen LogP contribution in [0.25, 0.3) is 5.70 Å². The Kier molecular flexibility index (Phi) is 9.11. The van der Waals surface area contributed by atoms with E-state index in [-0.39, 0.29) is 28.6 Å². The average molecular weight is 572 g/mol. The lowest BCUT2D eigenvalue weighted by atomic mass is 9.83. The van der Waals surface area contributed by atoms with E-state index in [0.717, 1.165) is 50.2 Å². The van der Waals surface area contributed by atoms with Crippen LogP contribution in [0.15, 0.2) is 53.9 Å². The Morgan fingerprint density at radius 1 is 1.20 bits per heavy atom. The standard InChI is InChI=1S/C31H39F2N3O5/c1-4-6-7-24-18-22(31(19-40-20-31)35-12-14-39-15-13-35)10-11-36(24)25(5-2)21-16-26(38-3)28(27(17-21)41-30(32)33)29(37)34-23-8-9-23/h5,7,10-11,16-18,23,30H,4,6,8-9,12-15,19-20H2,1-3H3,(H,34,37)/b24-7+,25-5-. The van der Waals surface area contributed by atoms with E-state index in [1.165, 1.54) is 18.7 Å². The van der Waals surface area contributed by atoms with Crippen LogP contribution in [0.5, 0.6) is 11.5 Å². The van der Waals surface area contributed by atoms with E-state index in [9.17, 15) is 13.6 Å². The van der Waals surface area contributed by atoms with Crippen molar-refractivity contribution in [3.8, 4) is 11.5 Å². The highest BCUT2D eigenvalue weighted by molar-refractivity contribution is 6.00.